The fourth-order valence-corrected chi connectivity index (χ4v) is 6.42. The second-order valence-electron chi connectivity index (χ2n) is 11.7. The van der Waals surface area contributed by atoms with Gasteiger partial charge >= 0.3 is 17.9 Å². The zero-order chi connectivity index (χ0) is 32.3. The molecule has 1 saturated carbocycles. The predicted molar refractivity (Wildman–Crippen MR) is 159 cm³/mol. The number of aliphatic carboxylic acids is 1. The lowest BCUT2D eigenvalue weighted by atomic mass is 9.82. The molecule has 242 valence electrons. The van der Waals surface area contributed by atoms with Crippen molar-refractivity contribution < 1.29 is 36.8 Å². The first kappa shape index (κ1) is 32.1. The summed E-state index contributed by atoms with van der Waals surface area (Å²) in [4.78, 5) is 41.2. The van der Waals surface area contributed by atoms with Gasteiger partial charge in [0.15, 0.2) is 5.82 Å². The summed E-state index contributed by atoms with van der Waals surface area (Å²) in [6.07, 6.45) is 6.30. The molecular formula is C31H36F3N5O6. The van der Waals surface area contributed by atoms with Gasteiger partial charge in [0, 0.05) is 35.6 Å². The molecule has 0 radical (unpaired) electrons. The van der Waals surface area contributed by atoms with E-state index in [1.54, 1.807) is 12.5 Å². The van der Waals surface area contributed by atoms with Crippen LogP contribution in [0.5, 0.6) is 0 Å². The van der Waals surface area contributed by atoms with Crippen LogP contribution in [0, 0.1) is 0 Å². The largest absolute Gasteiger partial charge is 0.490 e. The van der Waals surface area contributed by atoms with Crippen molar-refractivity contribution in [3.05, 3.63) is 52.9 Å². The summed E-state index contributed by atoms with van der Waals surface area (Å²) in [7, 11) is 4.22. The molecule has 2 fully saturated rings. The van der Waals surface area contributed by atoms with E-state index in [4.69, 9.17) is 18.8 Å². The van der Waals surface area contributed by atoms with Crippen molar-refractivity contribution in [2.45, 2.75) is 69.6 Å². The van der Waals surface area contributed by atoms with Gasteiger partial charge < -0.3 is 23.9 Å². The molecule has 11 nitrogen and oxygen atoms in total. The van der Waals surface area contributed by atoms with Crippen molar-refractivity contribution in [1.29, 1.82) is 0 Å². The topological polar surface area (TPSA) is 138 Å². The van der Waals surface area contributed by atoms with Gasteiger partial charge in [0.25, 0.3) is 0 Å². The number of H-pyrrole nitrogens is 1. The van der Waals surface area contributed by atoms with Crippen LogP contribution in [0.15, 0.2) is 50.5 Å². The molecule has 14 heteroatoms. The number of carbonyl (C=O) groups is 2. The van der Waals surface area contributed by atoms with E-state index in [-0.39, 0.29) is 12.5 Å². The minimum Gasteiger partial charge on any atom is -0.475 e. The molecule has 1 amide bonds. The fourth-order valence-electron chi connectivity index (χ4n) is 6.42. The highest BCUT2D eigenvalue weighted by molar-refractivity contribution is 5.96. The summed E-state index contributed by atoms with van der Waals surface area (Å²) >= 11 is 0. The first-order valence-electron chi connectivity index (χ1n) is 14.9. The molecule has 45 heavy (non-hydrogen) atoms. The van der Waals surface area contributed by atoms with Crippen molar-refractivity contribution in [1.82, 2.24) is 24.5 Å². The smallest absolute Gasteiger partial charge is 0.475 e. The molecule has 0 spiro atoms. The maximum Gasteiger partial charge on any atom is 0.490 e. The number of carboxylic acids is 1. The van der Waals surface area contributed by atoms with E-state index < -0.39 is 17.9 Å². The maximum absolute atomic E-state index is 13.7. The van der Waals surface area contributed by atoms with Crippen LogP contribution in [0.3, 0.4) is 0 Å². The molecule has 0 atom stereocenters. The molecule has 1 aromatic carbocycles. The first-order chi connectivity index (χ1) is 21.4. The number of nitrogens with zero attached hydrogens (tertiary/aromatic N) is 4. The molecule has 6 rings (SSSR count). The van der Waals surface area contributed by atoms with Crippen molar-refractivity contribution in [3.8, 4) is 22.6 Å². The van der Waals surface area contributed by atoms with Crippen molar-refractivity contribution >= 4 is 22.8 Å². The Kier molecular flexibility index (Phi) is 9.51. The van der Waals surface area contributed by atoms with Crippen LogP contribution in [-0.2, 0) is 16.1 Å². The number of hydrogen-bond donors (Lipinski definition) is 2. The molecule has 3 aromatic heterocycles. The van der Waals surface area contributed by atoms with Gasteiger partial charge in [-0.1, -0.05) is 36.6 Å². The van der Waals surface area contributed by atoms with E-state index in [0.29, 0.717) is 17.8 Å². The number of alkyl halides is 3. The number of aromatic nitrogens is 3. The average Bonchev–Trinajstić information content (AvgIpc) is 3.77. The highest BCUT2D eigenvalue weighted by Gasteiger charge is 2.38. The number of carboxylic acid groups (broad SMARTS) is 1. The number of nitrogens with one attached hydrogen (secondary N) is 1. The number of piperidine rings is 1. The standard InChI is InChI=1S/C29H35N5O4.C2HF3O2/c1-32(2)22-10-13-33(14-11-22)25(35)17-34-24-16-20(28-30-29(36)38-31-28)8-9-23(24)26(19-6-4-3-5-7-19)27(34)21-12-15-37-18-21;3-2(4,5)1(6)7/h8-9,12,15-16,18-19,22H,3-7,10-11,13-14,17H2,1-2H3,(H,30,31,36);(H,6,7). The quantitative estimate of drug-likeness (QED) is 0.286. The third-order valence-electron chi connectivity index (χ3n) is 8.71. The van der Waals surface area contributed by atoms with Crippen LogP contribution >= 0.6 is 0 Å². The molecule has 1 aliphatic carbocycles. The normalized spacial score (nSPS) is 16.6. The zero-order valence-electron chi connectivity index (χ0n) is 25.1. The van der Waals surface area contributed by atoms with E-state index >= 15 is 0 Å². The van der Waals surface area contributed by atoms with Crippen molar-refractivity contribution in [3.63, 3.8) is 0 Å². The Balaban J connectivity index is 0.000000515. The molecule has 0 bridgehead atoms. The molecule has 0 unspecified atom stereocenters. The number of fused-ring (bicyclic) bond motifs is 1. The van der Waals surface area contributed by atoms with E-state index in [9.17, 15) is 22.8 Å². The van der Waals surface area contributed by atoms with E-state index in [2.05, 4.69) is 39.8 Å². The van der Waals surface area contributed by atoms with Crippen molar-refractivity contribution in [2.75, 3.05) is 27.2 Å². The summed E-state index contributed by atoms with van der Waals surface area (Å²) in [5, 5.41) is 12.2. The van der Waals surface area contributed by atoms with E-state index in [1.165, 1.54) is 24.8 Å². The second kappa shape index (κ2) is 13.3. The molecule has 1 aliphatic heterocycles. The van der Waals surface area contributed by atoms with Gasteiger partial charge in [0.1, 0.15) is 6.54 Å². The van der Waals surface area contributed by atoms with Gasteiger partial charge in [-0.05, 0) is 63.4 Å². The number of benzene rings is 1. The Morgan fingerprint density at radius 2 is 1.76 bits per heavy atom. The summed E-state index contributed by atoms with van der Waals surface area (Å²) in [5.74, 6) is -2.42. The SMILES string of the molecule is CN(C)C1CCN(C(=O)Cn2c(-c3ccoc3)c(C3CCCCC3)c3ccc(-c4noc(=O)[nH]4)cc32)CC1.O=C(O)C(F)(F)F. The Labute approximate surface area is 256 Å². The van der Waals surface area contributed by atoms with Crippen LogP contribution in [0.4, 0.5) is 13.2 Å². The number of rotatable bonds is 6. The van der Waals surface area contributed by atoms with Crippen molar-refractivity contribution in [2.24, 2.45) is 0 Å². The van der Waals surface area contributed by atoms with E-state index in [1.807, 2.05) is 23.1 Å². The third-order valence-corrected chi connectivity index (χ3v) is 8.71. The summed E-state index contributed by atoms with van der Waals surface area (Å²) in [5.41, 5.74) is 5.04. The summed E-state index contributed by atoms with van der Waals surface area (Å²) in [6.45, 7) is 1.78. The highest BCUT2D eigenvalue weighted by atomic mass is 19.4. The Morgan fingerprint density at radius 1 is 1.07 bits per heavy atom. The molecule has 4 aromatic rings. The Morgan fingerprint density at radius 3 is 2.31 bits per heavy atom. The van der Waals surface area contributed by atoms with E-state index in [0.717, 1.165) is 66.5 Å². The lowest BCUT2D eigenvalue weighted by Gasteiger charge is -2.35. The third kappa shape index (κ3) is 7.16. The number of carbonyl (C=O) groups excluding carboxylic acids is 1. The van der Waals surface area contributed by atoms with Gasteiger partial charge in [-0.15, -0.1) is 0 Å². The zero-order valence-corrected chi connectivity index (χ0v) is 25.1. The number of hydrogen-bond acceptors (Lipinski definition) is 7. The minimum absolute atomic E-state index is 0.124. The van der Waals surface area contributed by atoms with Gasteiger partial charge in [-0.25, -0.2) is 9.59 Å². The fraction of sp³-hybridized carbons (Fsp3) is 0.484. The second-order valence-corrected chi connectivity index (χ2v) is 11.7. The van der Waals surface area contributed by atoms with Gasteiger partial charge in [-0.3, -0.25) is 14.3 Å². The number of aromatic amines is 1. The van der Waals surface area contributed by atoms with Crippen LogP contribution < -0.4 is 5.76 Å². The van der Waals surface area contributed by atoms with Gasteiger partial charge in [0.2, 0.25) is 5.91 Å². The van der Waals surface area contributed by atoms with Gasteiger partial charge in [-0.2, -0.15) is 13.2 Å². The highest BCUT2D eigenvalue weighted by Crippen LogP contribution is 2.45. The monoisotopic (exact) mass is 631 g/mol. The predicted octanol–water partition coefficient (Wildman–Crippen LogP) is 5.48. The lowest BCUT2D eigenvalue weighted by Crippen LogP contribution is -2.45. The van der Waals surface area contributed by atoms with Crippen LogP contribution in [0.1, 0.15) is 56.4 Å². The maximum atomic E-state index is 13.7. The molecule has 1 saturated heterocycles. The number of amides is 1. The first-order valence-corrected chi connectivity index (χ1v) is 14.9. The average molecular weight is 632 g/mol. The molecule has 4 heterocycles. The number of likely N-dealkylation sites (tertiary alicyclic amines) is 1. The molecule has 2 aliphatic rings. The summed E-state index contributed by atoms with van der Waals surface area (Å²) in [6, 6.07) is 8.59. The van der Waals surface area contributed by atoms with Crippen LogP contribution in [-0.4, -0.2) is 80.9 Å². The number of halogens is 3. The van der Waals surface area contributed by atoms with Gasteiger partial charge in [0.05, 0.1) is 23.7 Å². The molecular weight excluding hydrogens is 595 g/mol. The molecule has 2 N–H and O–H groups in total. The number of furan rings is 1. The van der Waals surface area contributed by atoms with Crippen LogP contribution in [0.2, 0.25) is 0 Å². The van der Waals surface area contributed by atoms with Crippen LogP contribution in [0.25, 0.3) is 33.5 Å². The Bertz CT molecular complexity index is 1670. The summed E-state index contributed by atoms with van der Waals surface area (Å²) < 4.78 is 44.2. The lowest BCUT2D eigenvalue weighted by molar-refractivity contribution is -0.192. The Hall–Kier alpha value is -4.33. The minimum atomic E-state index is -5.08.